The number of hydrogen-bond donors (Lipinski definition) is 2. The number of nitrogens with zero attached hydrogens (tertiary/aromatic N) is 1. The second-order valence-corrected chi connectivity index (χ2v) is 9.55. The highest BCUT2D eigenvalue weighted by Gasteiger charge is 2.26. The van der Waals surface area contributed by atoms with Crippen LogP contribution in [0.4, 0.5) is 11.4 Å². The summed E-state index contributed by atoms with van der Waals surface area (Å²) in [5.41, 5.74) is 2.85. The van der Waals surface area contributed by atoms with Crippen molar-refractivity contribution in [1.29, 1.82) is 0 Å². The van der Waals surface area contributed by atoms with Crippen molar-refractivity contribution >= 4 is 34.9 Å². The molecule has 8 nitrogen and oxygen atoms in total. The van der Waals surface area contributed by atoms with Gasteiger partial charge in [-0.2, -0.15) is 0 Å². The van der Waals surface area contributed by atoms with Crippen molar-refractivity contribution in [2.24, 2.45) is 0 Å². The van der Waals surface area contributed by atoms with Gasteiger partial charge in [0.1, 0.15) is 6.10 Å². The van der Waals surface area contributed by atoms with Gasteiger partial charge in [-0.15, -0.1) is 0 Å². The minimum atomic E-state index is -0.521. The summed E-state index contributed by atoms with van der Waals surface area (Å²) >= 11 is 6.18. The minimum absolute atomic E-state index is 0.0376. The maximum absolute atomic E-state index is 13.1. The van der Waals surface area contributed by atoms with Gasteiger partial charge >= 0.3 is 5.97 Å². The molecule has 0 spiro atoms. The number of nitrogens with one attached hydrogen (secondary N) is 2. The van der Waals surface area contributed by atoms with Crippen LogP contribution in [-0.2, 0) is 11.3 Å². The van der Waals surface area contributed by atoms with E-state index in [-0.39, 0.29) is 35.9 Å². The Hall–Kier alpha value is -3.91. The van der Waals surface area contributed by atoms with Crippen LogP contribution >= 0.6 is 11.6 Å². The molecule has 2 N–H and O–H groups in total. The molecule has 0 heterocycles. The fourth-order valence-electron chi connectivity index (χ4n) is 4.32. The van der Waals surface area contributed by atoms with Gasteiger partial charge in [0.2, 0.25) is 0 Å². The van der Waals surface area contributed by atoms with E-state index in [4.69, 9.17) is 16.3 Å². The van der Waals surface area contributed by atoms with Gasteiger partial charge in [-0.3, -0.25) is 14.9 Å². The van der Waals surface area contributed by atoms with E-state index < -0.39 is 10.8 Å². The molecule has 1 amide bonds. The molecule has 0 bridgehead atoms. The van der Waals surface area contributed by atoms with Gasteiger partial charge in [-0.1, -0.05) is 41.9 Å². The normalized spacial score (nSPS) is 17.0. The monoisotopic (exact) mass is 521 g/mol. The molecule has 0 radical (unpaired) electrons. The molecule has 3 aromatic rings. The Kier molecular flexibility index (Phi) is 8.40. The third-order valence-electron chi connectivity index (χ3n) is 6.46. The zero-order chi connectivity index (χ0) is 26.4. The Balaban J connectivity index is 1.39. The number of ether oxygens (including phenoxy) is 1. The highest BCUT2D eigenvalue weighted by molar-refractivity contribution is 6.31. The van der Waals surface area contributed by atoms with Crippen LogP contribution in [-0.4, -0.2) is 28.9 Å². The van der Waals surface area contributed by atoms with Gasteiger partial charge < -0.3 is 15.4 Å². The molecule has 0 saturated heterocycles. The lowest BCUT2D eigenvalue weighted by atomic mass is 9.92. The Morgan fingerprint density at radius 1 is 1.03 bits per heavy atom. The number of anilines is 1. The number of halogens is 1. The number of amides is 1. The average molecular weight is 522 g/mol. The Morgan fingerprint density at radius 3 is 2.43 bits per heavy atom. The molecular formula is C28H28ClN3O5. The van der Waals surface area contributed by atoms with Gasteiger partial charge in [0.15, 0.2) is 0 Å². The minimum Gasteiger partial charge on any atom is -0.459 e. The fourth-order valence-corrected chi connectivity index (χ4v) is 4.53. The molecule has 1 saturated carbocycles. The van der Waals surface area contributed by atoms with Crippen LogP contribution in [0.5, 0.6) is 0 Å². The van der Waals surface area contributed by atoms with E-state index in [9.17, 15) is 19.7 Å². The summed E-state index contributed by atoms with van der Waals surface area (Å²) in [4.78, 5) is 36.2. The van der Waals surface area contributed by atoms with E-state index >= 15 is 0 Å². The Morgan fingerprint density at radius 2 is 1.76 bits per heavy atom. The topological polar surface area (TPSA) is 111 Å². The highest BCUT2D eigenvalue weighted by atomic mass is 35.5. The molecule has 0 atom stereocenters. The lowest BCUT2D eigenvalue weighted by molar-refractivity contribution is -0.384. The molecule has 192 valence electrons. The lowest BCUT2D eigenvalue weighted by Gasteiger charge is -2.30. The molecule has 3 aromatic carbocycles. The SMILES string of the molecule is Cc1ccc(CNC(=O)c2cc([N+](=O)[O-])ccc2NC2CCC(OC(=O)c3ccccc3)CC2)cc1Cl. The standard InChI is InChI=1S/C28H28ClN3O5/c1-18-7-8-19(15-25(18)29)17-30-27(33)24-16-22(32(35)36)11-14-26(24)31-21-9-12-23(13-10-21)37-28(34)20-5-3-2-4-6-20/h2-8,11,14-16,21,23,31H,9-10,12-13,17H2,1H3,(H,30,33). The predicted octanol–water partition coefficient (Wildman–Crippen LogP) is 6.07. The second-order valence-electron chi connectivity index (χ2n) is 9.14. The molecule has 37 heavy (non-hydrogen) atoms. The van der Waals surface area contributed by atoms with Crippen LogP contribution in [0.15, 0.2) is 66.7 Å². The number of carbonyl (C=O) groups is 2. The Bertz CT molecular complexity index is 1290. The van der Waals surface area contributed by atoms with E-state index in [0.717, 1.165) is 24.0 Å². The molecular weight excluding hydrogens is 494 g/mol. The van der Waals surface area contributed by atoms with Crippen LogP contribution < -0.4 is 10.6 Å². The summed E-state index contributed by atoms with van der Waals surface area (Å²) in [6, 6.07) is 18.7. The smallest absolute Gasteiger partial charge is 0.338 e. The van der Waals surface area contributed by atoms with Crippen molar-refractivity contribution in [3.63, 3.8) is 0 Å². The number of non-ortho nitro benzene ring substituents is 1. The number of esters is 1. The summed E-state index contributed by atoms with van der Waals surface area (Å²) in [5, 5.41) is 18.2. The first-order valence-electron chi connectivity index (χ1n) is 12.1. The number of nitro groups is 1. The first kappa shape index (κ1) is 26.2. The quantitative estimate of drug-likeness (QED) is 0.211. The molecule has 0 aliphatic heterocycles. The highest BCUT2D eigenvalue weighted by Crippen LogP contribution is 2.28. The van der Waals surface area contributed by atoms with Crippen LogP contribution in [0, 0.1) is 17.0 Å². The second kappa shape index (κ2) is 11.9. The summed E-state index contributed by atoms with van der Waals surface area (Å²) in [7, 11) is 0. The van der Waals surface area contributed by atoms with Crippen molar-refractivity contribution in [1.82, 2.24) is 5.32 Å². The third-order valence-corrected chi connectivity index (χ3v) is 6.87. The molecule has 4 rings (SSSR count). The first-order valence-corrected chi connectivity index (χ1v) is 12.5. The molecule has 1 aliphatic rings. The number of benzene rings is 3. The van der Waals surface area contributed by atoms with Crippen molar-refractivity contribution < 1.29 is 19.2 Å². The Labute approximate surface area is 220 Å². The molecule has 0 aromatic heterocycles. The maximum atomic E-state index is 13.1. The number of hydrogen-bond acceptors (Lipinski definition) is 6. The van der Waals surface area contributed by atoms with E-state index in [1.165, 1.54) is 12.1 Å². The van der Waals surface area contributed by atoms with E-state index in [1.54, 1.807) is 36.4 Å². The van der Waals surface area contributed by atoms with E-state index in [0.29, 0.717) is 29.1 Å². The summed E-state index contributed by atoms with van der Waals surface area (Å²) in [5.74, 6) is -0.755. The van der Waals surface area contributed by atoms with Gasteiger partial charge in [-0.25, -0.2) is 4.79 Å². The largest absolute Gasteiger partial charge is 0.459 e. The summed E-state index contributed by atoms with van der Waals surface area (Å²) < 4.78 is 5.65. The summed E-state index contributed by atoms with van der Waals surface area (Å²) in [6.07, 6.45) is 2.64. The molecule has 0 unspecified atom stereocenters. The van der Waals surface area contributed by atoms with E-state index in [2.05, 4.69) is 10.6 Å². The zero-order valence-corrected chi connectivity index (χ0v) is 21.2. The fraction of sp³-hybridized carbons (Fsp3) is 0.286. The molecule has 1 fully saturated rings. The van der Waals surface area contributed by atoms with Gasteiger partial charge in [0.05, 0.1) is 16.1 Å². The number of nitro benzene ring substituents is 1. The van der Waals surface area contributed by atoms with Crippen LogP contribution in [0.1, 0.15) is 57.5 Å². The third kappa shape index (κ3) is 6.86. The number of aryl methyl sites for hydroxylation is 1. The van der Waals surface area contributed by atoms with Crippen LogP contribution in [0.3, 0.4) is 0 Å². The van der Waals surface area contributed by atoms with Crippen LogP contribution in [0.2, 0.25) is 5.02 Å². The van der Waals surface area contributed by atoms with Gasteiger partial charge in [0, 0.05) is 35.4 Å². The van der Waals surface area contributed by atoms with Crippen molar-refractivity contribution in [2.45, 2.75) is 51.3 Å². The predicted molar refractivity (Wildman–Crippen MR) is 142 cm³/mol. The van der Waals surface area contributed by atoms with Crippen molar-refractivity contribution in [3.05, 3.63) is 104 Å². The van der Waals surface area contributed by atoms with Crippen LogP contribution in [0.25, 0.3) is 0 Å². The lowest BCUT2D eigenvalue weighted by Crippen LogP contribution is -2.32. The van der Waals surface area contributed by atoms with Crippen molar-refractivity contribution in [2.75, 3.05) is 5.32 Å². The number of rotatable bonds is 8. The molecule has 9 heteroatoms. The van der Waals surface area contributed by atoms with Gasteiger partial charge in [-0.05, 0) is 68.0 Å². The van der Waals surface area contributed by atoms with Gasteiger partial charge in [0.25, 0.3) is 11.6 Å². The summed E-state index contributed by atoms with van der Waals surface area (Å²) in [6.45, 7) is 2.13. The van der Waals surface area contributed by atoms with Crippen molar-refractivity contribution in [3.8, 4) is 0 Å². The molecule has 1 aliphatic carbocycles. The number of carbonyl (C=O) groups excluding carboxylic acids is 2. The van der Waals surface area contributed by atoms with E-state index in [1.807, 2.05) is 25.1 Å². The average Bonchev–Trinajstić information content (AvgIpc) is 2.91. The first-order chi connectivity index (χ1) is 17.8. The maximum Gasteiger partial charge on any atom is 0.338 e. The zero-order valence-electron chi connectivity index (χ0n) is 20.4.